The molecule has 2 aromatic carbocycles. The number of halogens is 1. The molecule has 1 nitrogen and oxygen atoms in total. The van der Waals surface area contributed by atoms with Crippen molar-refractivity contribution in [1.82, 2.24) is 0 Å². The molecule has 0 spiro atoms. The summed E-state index contributed by atoms with van der Waals surface area (Å²) in [4.78, 5) is 0. The van der Waals surface area contributed by atoms with Gasteiger partial charge in [-0.05, 0) is 104 Å². The standard InChI is InChI=1S/C22H23BrO/c23-19-3-7-21(8-4-19)24-20-5-1-18(2-6-20)22-12-15-9-16(13-22)11-17(10-15)14-22/h1-8,15-17H,9-14H2. The summed E-state index contributed by atoms with van der Waals surface area (Å²) in [5, 5.41) is 0. The maximum Gasteiger partial charge on any atom is 0.127 e. The Bertz CT molecular complexity index is 696. The van der Waals surface area contributed by atoms with Crippen molar-refractivity contribution in [3.8, 4) is 11.5 Å². The first-order valence-corrected chi connectivity index (χ1v) is 10.0. The summed E-state index contributed by atoms with van der Waals surface area (Å²) in [7, 11) is 0. The minimum absolute atomic E-state index is 0.477. The van der Waals surface area contributed by atoms with E-state index >= 15 is 0 Å². The van der Waals surface area contributed by atoms with Crippen LogP contribution in [0.1, 0.15) is 44.1 Å². The Kier molecular flexibility index (Phi) is 3.52. The van der Waals surface area contributed by atoms with Crippen LogP contribution in [0.2, 0.25) is 0 Å². The van der Waals surface area contributed by atoms with Crippen molar-refractivity contribution in [3.63, 3.8) is 0 Å². The van der Waals surface area contributed by atoms with Crippen LogP contribution in [0.4, 0.5) is 0 Å². The number of ether oxygens (including phenoxy) is 1. The zero-order chi connectivity index (χ0) is 16.1. The largest absolute Gasteiger partial charge is 0.457 e. The van der Waals surface area contributed by atoms with Crippen molar-refractivity contribution in [1.29, 1.82) is 0 Å². The Hall–Kier alpha value is -1.28. The van der Waals surface area contributed by atoms with Crippen molar-refractivity contribution in [2.75, 3.05) is 0 Å². The molecule has 0 unspecified atom stereocenters. The van der Waals surface area contributed by atoms with Gasteiger partial charge in [0.1, 0.15) is 11.5 Å². The van der Waals surface area contributed by atoms with E-state index in [0.717, 1.165) is 33.7 Å². The first kappa shape index (κ1) is 15.0. The lowest BCUT2D eigenvalue weighted by atomic mass is 9.48. The Labute approximate surface area is 152 Å². The van der Waals surface area contributed by atoms with E-state index in [-0.39, 0.29) is 0 Å². The molecule has 0 N–H and O–H groups in total. The van der Waals surface area contributed by atoms with Crippen LogP contribution in [0.3, 0.4) is 0 Å². The zero-order valence-electron chi connectivity index (χ0n) is 13.9. The van der Waals surface area contributed by atoms with E-state index in [1.807, 2.05) is 24.3 Å². The number of rotatable bonds is 3. The van der Waals surface area contributed by atoms with Crippen LogP contribution >= 0.6 is 15.9 Å². The highest BCUT2D eigenvalue weighted by molar-refractivity contribution is 9.10. The lowest BCUT2D eigenvalue weighted by molar-refractivity contribution is -0.00519. The summed E-state index contributed by atoms with van der Waals surface area (Å²) in [6.45, 7) is 0. The van der Waals surface area contributed by atoms with Crippen LogP contribution < -0.4 is 4.74 Å². The Morgan fingerprint density at radius 3 is 1.67 bits per heavy atom. The Morgan fingerprint density at radius 1 is 0.708 bits per heavy atom. The molecular formula is C22H23BrO. The lowest BCUT2D eigenvalue weighted by Crippen LogP contribution is -2.48. The smallest absolute Gasteiger partial charge is 0.127 e. The fraction of sp³-hybridized carbons (Fsp3) is 0.455. The van der Waals surface area contributed by atoms with Gasteiger partial charge in [-0.15, -0.1) is 0 Å². The molecule has 24 heavy (non-hydrogen) atoms. The maximum atomic E-state index is 5.99. The van der Waals surface area contributed by atoms with Gasteiger partial charge in [0.15, 0.2) is 0 Å². The third-order valence-corrected chi connectivity index (χ3v) is 7.08. The normalized spacial score (nSPS) is 33.6. The van der Waals surface area contributed by atoms with Crippen molar-refractivity contribution in [3.05, 3.63) is 58.6 Å². The second kappa shape index (κ2) is 5.62. The third kappa shape index (κ3) is 2.60. The first-order chi connectivity index (χ1) is 11.7. The van der Waals surface area contributed by atoms with Crippen molar-refractivity contribution >= 4 is 15.9 Å². The molecule has 4 bridgehead atoms. The van der Waals surface area contributed by atoms with Gasteiger partial charge in [-0.1, -0.05) is 28.1 Å². The number of hydrogen-bond donors (Lipinski definition) is 0. The van der Waals surface area contributed by atoms with Gasteiger partial charge in [0.05, 0.1) is 0 Å². The monoisotopic (exact) mass is 382 g/mol. The molecule has 0 aromatic heterocycles. The van der Waals surface area contributed by atoms with E-state index in [1.54, 1.807) is 5.56 Å². The molecule has 4 saturated carbocycles. The average molecular weight is 383 g/mol. The highest BCUT2D eigenvalue weighted by Crippen LogP contribution is 2.60. The second-order valence-electron chi connectivity index (χ2n) is 8.28. The summed E-state index contributed by atoms with van der Waals surface area (Å²) in [6.07, 6.45) is 8.78. The third-order valence-electron chi connectivity index (χ3n) is 6.55. The highest BCUT2D eigenvalue weighted by atomic mass is 79.9. The molecule has 2 aromatic rings. The van der Waals surface area contributed by atoms with Gasteiger partial charge in [-0.25, -0.2) is 0 Å². The van der Waals surface area contributed by atoms with Gasteiger partial charge >= 0.3 is 0 Å². The molecule has 4 fully saturated rings. The van der Waals surface area contributed by atoms with Crippen LogP contribution in [-0.2, 0) is 5.41 Å². The molecule has 0 atom stereocenters. The summed E-state index contributed by atoms with van der Waals surface area (Å²) < 4.78 is 7.06. The van der Waals surface area contributed by atoms with E-state index in [0.29, 0.717) is 5.41 Å². The zero-order valence-corrected chi connectivity index (χ0v) is 15.5. The quantitative estimate of drug-likeness (QED) is 0.572. The summed E-state index contributed by atoms with van der Waals surface area (Å²) >= 11 is 3.46. The van der Waals surface area contributed by atoms with E-state index in [4.69, 9.17) is 4.74 Å². The van der Waals surface area contributed by atoms with E-state index < -0.39 is 0 Å². The van der Waals surface area contributed by atoms with Crippen LogP contribution in [-0.4, -0.2) is 0 Å². The predicted octanol–water partition coefficient (Wildman–Crippen LogP) is 6.71. The number of benzene rings is 2. The molecule has 0 aliphatic heterocycles. The molecule has 4 aliphatic carbocycles. The fourth-order valence-corrected chi connectivity index (χ4v) is 6.24. The molecule has 0 saturated heterocycles. The van der Waals surface area contributed by atoms with Gasteiger partial charge in [0.25, 0.3) is 0 Å². The van der Waals surface area contributed by atoms with Crippen LogP contribution in [0.5, 0.6) is 11.5 Å². The van der Waals surface area contributed by atoms with Gasteiger partial charge in [0, 0.05) is 4.47 Å². The number of hydrogen-bond acceptors (Lipinski definition) is 1. The molecule has 0 radical (unpaired) electrons. The van der Waals surface area contributed by atoms with Gasteiger partial charge in [0.2, 0.25) is 0 Å². The summed E-state index contributed by atoms with van der Waals surface area (Å²) in [5.74, 6) is 4.81. The maximum absolute atomic E-state index is 5.99. The fourth-order valence-electron chi connectivity index (χ4n) is 5.98. The lowest BCUT2D eigenvalue weighted by Gasteiger charge is -2.57. The van der Waals surface area contributed by atoms with Crippen LogP contribution in [0.25, 0.3) is 0 Å². The van der Waals surface area contributed by atoms with Crippen LogP contribution in [0.15, 0.2) is 53.0 Å². The molecule has 4 aliphatic rings. The van der Waals surface area contributed by atoms with Crippen molar-refractivity contribution in [2.24, 2.45) is 17.8 Å². The SMILES string of the molecule is Brc1ccc(Oc2ccc(C34CC5CC(CC(C5)C3)C4)cc2)cc1. The summed E-state index contributed by atoms with van der Waals surface area (Å²) in [6, 6.07) is 17.0. The second-order valence-corrected chi connectivity index (χ2v) is 9.19. The molecule has 6 rings (SSSR count). The Balaban J connectivity index is 1.37. The summed E-state index contributed by atoms with van der Waals surface area (Å²) in [5.41, 5.74) is 2.04. The van der Waals surface area contributed by atoms with Crippen LogP contribution in [0, 0.1) is 17.8 Å². The van der Waals surface area contributed by atoms with E-state index in [2.05, 4.69) is 40.2 Å². The predicted molar refractivity (Wildman–Crippen MR) is 101 cm³/mol. The van der Waals surface area contributed by atoms with Crippen molar-refractivity contribution < 1.29 is 4.74 Å². The molecule has 124 valence electrons. The van der Waals surface area contributed by atoms with E-state index in [9.17, 15) is 0 Å². The van der Waals surface area contributed by atoms with Gasteiger partial charge in [-0.3, -0.25) is 0 Å². The van der Waals surface area contributed by atoms with Crippen molar-refractivity contribution in [2.45, 2.75) is 43.9 Å². The molecule has 2 heteroatoms. The minimum Gasteiger partial charge on any atom is -0.457 e. The Morgan fingerprint density at radius 2 is 1.17 bits per heavy atom. The highest BCUT2D eigenvalue weighted by Gasteiger charge is 2.51. The van der Waals surface area contributed by atoms with Gasteiger partial charge in [-0.2, -0.15) is 0 Å². The molecule has 0 amide bonds. The first-order valence-electron chi connectivity index (χ1n) is 9.22. The molecular weight excluding hydrogens is 360 g/mol. The topological polar surface area (TPSA) is 9.23 Å². The average Bonchev–Trinajstić information content (AvgIpc) is 2.56. The van der Waals surface area contributed by atoms with E-state index in [1.165, 1.54) is 38.5 Å². The molecule has 0 heterocycles. The minimum atomic E-state index is 0.477. The van der Waals surface area contributed by atoms with Gasteiger partial charge < -0.3 is 4.74 Å².